The van der Waals surface area contributed by atoms with Crippen molar-refractivity contribution in [1.82, 2.24) is 20.5 Å². The van der Waals surface area contributed by atoms with Gasteiger partial charge >= 0.3 is 0 Å². The number of hydrogen-bond donors (Lipinski definition) is 2. The molecule has 2 N–H and O–H groups in total. The molecule has 202 valence electrons. The number of aryl methyl sites for hydroxylation is 1. The van der Waals surface area contributed by atoms with Crippen LogP contribution in [0.15, 0.2) is 18.3 Å². The molecular formula is C28H46N4O4. The summed E-state index contributed by atoms with van der Waals surface area (Å²) in [6, 6.07) is 3.02. The number of nitrogens with one attached hydrogen (secondary N) is 2. The van der Waals surface area contributed by atoms with Crippen molar-refractivity contribution in [3.8, 4) is 5.75 Å². The molecule has 1 aliphatic carbocycles. The van der Waals surface area contributed by atoms with E-state index >= 15 is 0 Å². The number of rotatable bonds is 16. The van der Waals surface area contributed by atoms with Crippen molar-refractivity contribution >= 4 is 17.6 Å². The van der Waals surface area contributed by atoms with Gasteiger partial charge in [0.1, 0.15) is 11.9 Å². The maximum absolute atomic E-state index is 13.0. The van der Waals surface area contributed by atoms with E-state index in [0.717, 1.165) is 37.1 Å². The Bertz CT molecular complexity index is 871. The molecule has 8 heteroatoms. The number of hydrogen-bond acceptors (Lipinski definition) is 6. The Labute approximate surface area is 216 Å². The summed E-state index contributed by atoms with van der Waals surface area (Å²) in [6.45, 7) is 12.6. The van der Waals surface area contributed by atoms with Crippen LogP contribution in [0.4, 0.5) is 0 Å². The van der Waals surface area contributed by atoms with Crippen LogP contribution in [0.3, 0.4) is 0 Å². The van der Waals surface area contributed by atoms with E-state index in [1.165, 1.54) is 6.92 Å². The van der Waals surface area contributed by atoms with E-state index in [1.54, 1.807) is 25.1 Å². The van der Waals surface area contributed by atoms with Crippen LogP contribution in [0.2, 0.25) is 0 Å². The molecule has 2 amide bonds. The van der Waals surface area contributed by atoms with Crippen LogP contribution in [0.25, 0.3) is 0 Å². The molecule has 1 aromatic heterocycles. The SMILES string of the molecule is CC(=O)[C@@H](C)N(C)C(=O)[C@@H](NC[C@@H](C)Oc1cccnc1CCCNC(=O)[C@H](C)CC(C)C)C1CC1. The molecule has 1 heterocycles. The monoisotopic (exact) mass is 502 g/mol. The molecule has 1 aromatic rings. The zero-order valence-corrected chi connectivity index (χ0v) is 23.2. The Morgan fingerprint density at radius 3 is 2.47 bits per heavy atom. The van der Waals surface area contributed by atoms with Gasteiger partial charge in [-0.25, -0.2) is 0 Å². The minimum atomic E-state index is -0.435. The van der Waals surface area contributed by atoms with Crippen LogP contribution in [0.1, 0.15) is 72.9 Å². The minimum Gasteiger partial charge on any atom is -0.487 e. The minimum absolute atomic E-state index is 0.0175. The van der Waals surface area contributed by atoms with Gasteiger partial charge in [0.05, 0.1) is 17.8 Å². The molecule has 0 spiro atoms. The number of pyridine rings is 1. The summed E-state index contributed by atoms with van der Waals surface area (Å²) in [5.41, 5.74) is 0.860. The zero-order valence-electron chi connectivity index (χ0n) is 23.2. The molecule has 0 bridgehead atoms. The van der Waals surface area contributed by atoms with E-state index in [2.05, 4.69) is 29.5 Å². The number of ether oxygens (including phenoxy) is 1. The second-order valence-corrected chi connectivity index (χ2v) is 10.8. The van der Waals surface area contributed by atoms with Crippen molar-refractivity contribution in [2.75, 3.05) is 20.1 Å². The summed E-state index contributed by atoms with van der Waals surface area (Å²) < 4.78 is 6.19. The first-order valence-electron chi connectivity index (χ1n) is 13.4. The third kappa shape index (κ3) is 9.52. The van der Waals surface area contributed by atoms with E-state index in [9.17, 15) is 14.4 Å². The molecule has 1 saturated carbocycles. The number of Topliss-reactive ketones (excluding diaryl/α,β-unsaturated/α-hetero) is 1. The highest BCUT2D eigenvalue weighted by Crippen LogP contribution is 2.33. The predicted molar refractivity (Wildman–Crippen MR) is 142 cm³/mol. The van der Waals surface area contributed by atoms with Gasteiger partial charge in [-0.2, -0.15) is 0 Å². The van der Waals surface area contributed by atoms with Gasteiger partial charge in [-0.1, -0.05) is 20.8 Å². The zero-order chi connectivity index (χ0) is 26.8. The third-order valence-corrected chi connectivity index (χ3v) is 6.84. The predicted octanol–water partition coefficient (Wildman–Crippen LogP) is 3.38. The highest BCUT2D eigenvalue weighted by Gasteiger charge is 2.38. The Hall–Kier alpha value is -2.48. The first kappa shape index (κ1) is 29.7. The second-order valence-electron chi connectivity index (χ2n) is 10.8. The van der Waals surface area contributed by atoms with Gasteiger partial charge in [-0.05, 0) is 76.8 Å². The second kappa shape index (κ2) is 14.3. The summed E-state index contributed by atoms with van der Waals surface area (Å²) in [6.07, 6.45) is 5.97. The van der Waals surface area contributed by atoms with E-state index in [4.69, 9.17) is 4.74 Å². The van der Waals surface area contributed by atoms with Gasteiger partial charge < -0.3 is 20.3 Å². The molecule has 8 nitrogen and oxygen atoms in total. The molecule has 0 aliphatic heterocycles. The van der Waals surface area contributed by atoms with Gasteiger partial charge in [0.2, 0.25) is 11.8 Å². The fraction of sp³-hybridized carbons (Fsp3) is 0.714. The third-order valence-electron chi connectivity index (χ3n) is 6.84. The van der Waals surface area contributed by atoms with E-state index in [-0.39, 0.29) is 35.7 Å². The number of carbonyl (C=O) groups excluding carboxylic acids is 3. The van der Waals surface area contributed by atoms with E-state index < -0.39 is 6.04 Å². The molecule has 0 radical (unpaired) electrons. The maximum Gasteiger partial charge on any atom is 0.240 e. The van der Waals surface area contributed by atoms with Crippen molar-refractivity contribution in [2.24, 2.45) is 17.8 Å². The molecule has 2 rings (SSSR count). The molecular weight excluding hydrogens is 456 g/mol. The quantitative estimate of drug-likeness (QED) is 0.336. The van der Waals surface area contributed by atoms with Gasteiger partial charge in [0.15, 0.2) is 5.78 Å². The Morgan fingerprint density at radius 2 is 1.86 bits per heavy atom. The number of aromatic nitrogens is 1. The molecule has 0 unspecified atom stereocenters. The molecule has 0 aromatic carbocycles. The molecule has 1 aliphatic rings. The number of likely N-dealkylation sites (N-methyl/N-ethyl adjacent to an activating group) is 1. The summed E-state index contributed by atoms with van der Waals surface area (Å²) in [5, 5.41) is 6.42. The number of nitrogens with zero attached hydrogens (tertiary/aromatic N) is 2. The Balaban J connectivity index is 1.85. The first-order chi connectivity index (χ1) is 17.0. The van der Waals surface area contributed by atoms with Crippen molar-refractivity contribution in [2.45, 2.75) is 91.8 Å². The van der Waals surface area contributed by atoms with Crippen LogP contribution in [-0.2, 0) is 20.8 Å². The fourth-order valence-corrected chi connectivity index (χ4v) is 4.29. The number of amides is 2. The van der Waals surface area contributed by atoms with Gasteiger partial charge in [-0.3, -0.25) is 19.4 Å². The summed E-state index contributed by atoms with van der Waals surface area (Å²) >= 11 is 0. The van der Waals surface area contributed by atoms with Crippen LogP contribution >= 0.6 is 0 Å². The summed E-state index contributed by atoms with van der Waals surface area (Å²) in [7, 11) is 1.70. The highest BCUT2D eigenvalue weighted by molar-refractivity contribution is 5.89. The number of ketones is 1. The largest absolute Gasteiger partial charge is 0.487 e. The van der Waals surface area contributed by atoms with Crippen molar-refractivity contribution in [3.05, 3.63) is 24.0 Å². The maximum atomic E-state index is 13.0. The van der Waals surface area contributed by atoms with E-state index in [0.29, 0.717) is 31.3 Å². The average Bonchev–Trinajstić information content (AvgIpc) is 3.66. The summed E-state index contributed by atoms with van der Waals surface area (Å²) in [4.78, 5) is 43.0. The smallest absolute Gasteiger partial charge is 0.240 e. The van der Waals surface area contributed by atoms with Crippen LogP contribution < -0.4 is 15.4 Å². The lowest BCUT2D eigenvalue weighted by Crippen LogP contribution is -2.52. The molecule has 36 heavy (non-hydrogen) atoms. The van der Waals surface area contributed by atoms with Crippen LogP contribution in [0.5, 0.6) is 5.75 Å². The summed E-state index contributed by atoms with van der Waals surface area (Å²) in [5.74, 6) is 1.58. The van der Waals surface area contributed by atoms with Crippen molar-refractivity contribution in [1.29, 1.82) is 0 Å². The topological polar surface area (TPSA) is 101 Å². The average molecular weight is 503 g/mol. The van der Waals surface area contributed by atoms with Gasteiger partial charge in [0.25, 0.3) is 0 Å². The first-order valence-corrected chi connectivity index (χ1v) is 13.4. The normalized spacial score (nSPS) is 16.7. The van der Waals surface area contributed by atoms with Gasteiger partial charge in [-0.15, -0.1) is 0 Å². The Kier molecular flexibility index (Phi) is 11.8. The van der Waals surface area contributed by atoms with Crippen LogP contribution in [-0.4, -0.2) is 65.8 Å². The van der Waals surface area contributed by atoms with Crippen molar-refractivity contribution in [3.63, 3.8) is 0 Å². The highest BCUT2D eigenvalue weighted by atomic mass is 16.5. The van der Waals surface area contributed by atoms with Crippen molar-refractivity contribution < 1.29 is 19.1 Å². The lowest BCUT2D eigenvalue weighted by Gasteiger charge is -2.29. The Morgan fingerprint density at radius 1 is 1.17 bits per heavy atom. The molecule has 1 fully saturated rings. The fourth-order valence-electron chi connectivity index (χ4n) is 4.29. The van der Waals surface area contributed by atoms with Gasteiger partial charge in [0, 0.05) is 32.3 Å². The van der Waals surface area contributed by atoms with E-state index in [1.807, 2.05) is 26.0 Å². The van der Waals surface area contributed by atoms with Crippen LogP contribution in [0, 0.1) is 17.8 Å². The molecule has 4 atom stereocenters. The lowest BCUT2D eigenvalue weighted by atomic mass is 9.98. The lowest BCUT2D eigenvalue weighted by molar-refractivity contribution is -0.139. The molecule has 0 saturated heterocycles. The number of carbonyl (C=O) groups is 3. The standard InChI is InChI=1S/C28H46N4O4/c1-18(2)16-19(3)27(34)30-15-8-10-24-25(11-9-14-29-24)36-20(4)17-31-26(23-12-13-23)28(35)32(7)21(5)22(6)33/h9,11,14,18-21,23,26,31H,8,10,12-13,15-17H2,1-7H3,(H,30,34)/t19-,20-,21-,26+/m1/s1.